The first-order chi connectivity index (χ1) is 17.5. The molecular weight excluding hydrogens is 444 g/mol. The Morgan fingerprint density at radius 1 is 0.944 bits per heavy atom. The summed E-state index contributed by atoms with van der Waals surface area (Å²) >= 11 is 0. The lowest BCUT2D eigenvalue weighted by atomic mass is 9.62. The molecule has 0 atom stereocenters. The molecule has 3 aromatic rings. The molecule has 1 saturated carbocycles. The Bertz CT molecular complexity index is 1250. The fourth-order valence-corrected chi connectivity index (χ4v) is 6.68. The number of likely N-dealkylation sites (tertiary alicyclic amines) is 1. The van der Waals surface area contributed by atoms with Crippen molar-refractivity contribution in [3.8, 4) is 28.0 Å². The van der Waals surface area contributed by atoms with E-state index in [2.05, 4.69) is 78.7 Å². The minimum absolute atomic E-state index is 0.0504. The predicted molar refractivity (Wildman–Crippen MR) is 146 cm³/mol. The van der Waals surface area contributed by atoms with E-state index >= 15 is 0 Å². The third-order valence-corrected chi connectivity index (χ3v) is 8.64. The van der Waals surface area contributed by atoms with Crippen LogP contribution in [0.5, 0.6) is 5.75 Å². The third kappa shape index (κ3) is 4.47. The summed E-state index contributed by atoms with van der Waals surface area (Å²) in [6.07, 6.45) is 4.07. The van der Waals surface area contributed by atoms with Gasteiger partial charge in [-0.15, -0.1) is 0 Å². The number of nitrogens with one attached hydrogen (secondary N) is 1. The van der Waals surface area contributed by atoms with Crippen LogP contribution in [0.4, 0.5) is 0 Å². The van der Waals surface area contributed by atoms with Gasteiger partial charge in [-0.2, -0.15) is 0 Å². The molecule has 4 heteroatoms. The predicted octanol–water partition coefficient (Wildman–Crippen LogP) is 5.51. The monoisotopic (exact) mass is 482 g/mol. The van der Waals surface area contributed by atoms with E-state index in [0.29, 0.717) is 5.41 Å². The topological polar surface area (TPSA) is 44.7 Å². The fraction of sp³-hybridized carbons (Fsp3) is 0.438. The quantitative estimate of drug-likeness (QED) is 0.436. The molecule has 2 heterocycles. The van der Waals surface area contributed by atoms with Crippen LogP contribution in [-0.4, -0.2) is 48.9 Å². The number of aliphatic hydroxyl groups excluding tert-OH is 1. The van der Waals surface area contributed by atoms with E-state index in [1.54, 1.807) is 0 Å². The van der Waals surface area contributed by atoms with Gasteiger partial charge in [-0.25, -0.2) is 0 Å². The van der Waals surface area contributed by atoms with E-state index in [-0.39, 0.29) is 6.10 Å². The standard InChI is InChI=1S/C32H38N2O2/c1-22-28(25-10-11-26-19-33-13-12-24(26)16-25)6-3-7-29(22)30-8-4-9-31(23(30)2)36-15-5-14-34-20-32(21-34)17-27(35)18-32/h3-4,6-11,16,27,33,35H,5,12-15,17-21H2,1-2H3. The van der Waals surface area contributed by atoms with Gasteiger partial charge in [0.2, 0.25) is 0 Å². The Morgan fingerprint density at radius 2 is 1.69 bits per heavy atom. The SMILES string of the molecule is Cc1c(OCCCN2CC3(CC(O)C3)C2)cccc1-c1cccc(-c2ccc3c(c2)CCNC3)c1C. The molecule has 1 aliphatic carbocycles. The van der Waals surface area contributed by atoms with Gasteiger partial charge in [-0.3, -0.25) is 0 Å². The smallest absolute Gasteiger partial charge is 0.122 e. The van der Waals surface area contributed by atoms with Crippen molar-refractivity contribution in [2.45, 2.75) is 52.2 Å². The molecule has 0 bridgehead atoms. The number of ether oxygens (including phenoxy) is 1. The first-order valence-electron chi connectivity index (χ1n) is 13.6. The van der Waals surface area contributed by atoms with Crippen LogP contribution in [0.1, 0.15) is 41.5 Å². The van der Waals surface area contributed by atoms with Crippen LogP contribution < -0.4 is 10.1 Å². The molecule has 1 saturated heterocycles. The summed E-state index contributed by atoms with van der Waals surface area (Å²) in [6.45, 7) is 10.6. The van der Waals surface area contributed by atoms with Gasteiger partial charge in [0.15, 0.2) is 0 Å². The van der Waals surface area contributed by atoms with Crippen LogP contribution in [0.3, 0.4) is 0 Å². The molecule has 2 aliphatic heterocycles. The highest BCUT2D eigenvalue weighted by molar-refractivity contribution is 5.80. The maximum atomic E-state index is 9.60. The summed E-state index contributed by atoms with van der Waals surface area (Å²) in [7, 11) is 0. The highest BCUT2D eigenvalue weighted by Crippen LogP contribution is 2.48. The molecule has 0 unspecified atom stereocenters. The average Bonchev–Trinajstić information content (AvgIpc) is 2.85. The van der Waals surface area contributed by atoms with Gasteiger partial charge >= 0.3 is 0 Å². The number of aliphatic hydroxyl groups is 1. The normalized spacial score (nSPS) is 19.0. The lowest BCUT2D eigenvalue weighted by molar-refractivity contribution is -0.128. The van der Waals surface area contributed by atoms with Crippen molar-refractivity contribution in [1.82, 2.24) is 10.2 Å². The van der Waals surface area contributed by atoms with E-state index in [1.165, 1.54) is 44.5 Å². The van der Waals surface area contributed by atoms with Crippen LogP contribution in [-0.2, 0) is 13.0 Å². The summed E-state index contributed by atoms with van der Waals surface area (Å²) in [5.41, 5.74) is 11.0. The molecule has 1 spiro atoms. The molecule has 2 N–H and O–H groups in total. The van der Waals surface area contributed by atoms with Crippen molar-refractivity contribution < 1.29 is 9.84 Å². The second kappa shape index (κ2) is 9.66. The first kappa shape index (κ1) is 23.7. The fourth-order valence-electron chi connectivity index (χ4n) is 6.68. The summed E-state index contributed by atoms with van der Waals surface area (Å²) in [4.78, 5) is 2.50. The van der Waals surface area contributed by atoms with Gasteiger partial charge in [0.1, 0.15) is 5.75 Å². The maximum absolute atomic E-state index is 9.60. The highest BCUT2D eigenvalue weighted by Gasteiger charge is 2.51. The van der Waals surface area contributed by atoms with Crippen molar-refractivity contribution >= 4 is 0 Å². The summed E-state index contributed by atoms with van der Waals surface area (Å²) in [5, 5.41) is 13.1. The minimum atomic E-state index is -0.0504. The second-order valence-corrected chi connectivity index (χ2v) is 11.3. The van der Waals surface area contributed by atoms with Crippen molar-refractivity contribution in [3.05, 3.63) is 76.9 Å². The van der Waals surface area contributed by atoms with Gasteiger partial charge < -0.3 is 20.1 Å². The number of fused-ring (bicyclic) bond motifs is 1. The lowest BCUT2D eigenvalue weighted by Crippen LogP contribution is -2.63. The molecule has 4 nitrogen and oxygen atoms in total. The van der Waals surface area contributed by atoms with Gasteiger partial charge in [0.05, 0.1) is 12.7 Å². The number of hydrogen-bond donors (Lipinski definition) is 2. The van der Waals surface area contributed by atoms with Crippen LogP contribution >= 0.6 is 0 Å². The van der Waals surface area contributed by atoms with Crippen LogP contribution in [0.25, 0.3) is 22.3 Å². The second-order valence-electron chi connectivity index (χ2n) is 11.3. The van der Waals surface area contributed by atoms with E-state index in [1.807, 2.05) is 0 Å². The van der Waals surface area contributed by atoms with E-state index in [4.69, 9.17) is 4.74 Å². The lowest BCUT2D eigenvalue weighted by Gasteiger charge is -2.58. The average molecular weight is 483 g/mol. The number of hydrogen-bond acceptors (Lipinski definition) is 4. The Balaban J connectivity index is 1.14. The molecule has 3 aromatic carbocycles. The summed E-state index contributed by atoms with van der Waals surface area (Å²) in [5.74, 6) is 0.987. The highest BCUT2D eigenvalue weighted by atomic mass is 16.5. The van der Waals surface area contributed by atoms with E-state index < -0.39 is 0 Å². The Kier molecular flexibility index (Phi) is 6.37. The van der Waals surface area contributed by atoms with Crippen molar-refractivity contribution in [1.29, 1.82) is 0 Å². The summed E-state index contributed by atoms with van der Waals surface area (Å²) in [6, 6.07) is 20.1. The molecule has 0 aromatic heterocycles. The Hall–Kier alpha value is -2.66. The Labute approximate surface area is 215 Å². The molecule has 0 amide bonds. The maximum Gasteiger partial charge on any atom is 0.122 e. The molecular formula is C32H38N2O2. The minimum Gasteiger partial charge on any atom is -0.493 e. The zero-order chi connectivity index (χ0) is 24.7. The molecule has 0 radical (unpaired) electrons. The summed E-state index contributed by atoms with van der Waals surface area (Å²) < 4.78 is 6.27. The Morgan fingerprint density at radius 3 is 2.50 bits per heavy atom. The van der Waals surface area contributed by atoms with Gasteiger partial charge in [-0.1, -0.05) is 48.5 Å². The molecule has 3 aliphatic rings. The third-order valence-electron chi connectivity index (χ3n) is 8.64. The largest absolute Gasteiger partial charge is 0.493 e. The number of rotatable bonds is 7. The zero-order valence-electron chi connectivity index (χ0n) is 21.6. The van der Waals surface area contributed by atoms with Gasteiger partial charge in [0.25, 0.3) is 0 Å². The van der Waals surface area contributed by atoms with Crippen LogP contribution in [0, 0.1) is 19.3 Å². The van der Waals surface area contributed by atoms with E-state index in [9.17, 15) is 5.11 Å². The first-order valence-corrected chi connectivity index (χ1v) is 13.6. The molecule has 6 rings (SSSR count). The van der Waals surface area contributed by atoms with Crippen LogP contribution in [0.2, 0.25) is 0 Å². The van der Waals surface area contributed by atoms with Gasteiger partial charge in [-0.05, 0) is 96.6 Å². The van der Waals surface area contributed by atoms with Crippen molar-refractivity contribution in [2.24, 2.45) is 5.41 Å². The van der Waals surface area contributed by atoms with Crippen LogP contribution in [0.15, 0.2) is 54.6 Å². The van der Waals surface area contributed by atoms with Crippen molar-refractivity contribution in [3.63, 3.8) is 0 Å². The number of nitrogens with zero attached hydrogens (tertiary/aromatic N) is 1. The molecule has 36 heavy (non-hydrogen) atoms. The van der Waals surface area contributed by atoms with Crippen molar-refractivity contribution in [2.75, 3.05) is 32.8 Å². The van der Waals surface area contributed by atoms with Gasteiger partial charge in [0, 0.05) is 31.6 Å². The molecule has 2 fully saturated rings. The zero-order valence-corrected chi connectivity index (χ0v) is 21.6. The van der Waals surface area contributed by atoms with E-state index in [0.717, 1.165) is 70.8 Å². The number of benzene rings is 3. The molecule has 188 valence electrons.